The fourth-order valence-corrected chi connectivity index (χ4v) is 2.28. The summed E-state index contributed by atoms with van der Waals surface area (Å²) >= 11 is 3.52. The van der Waals surface area contributed by atoms with Crippen molar-refractivity contribution in [2.75, 3.05) is 27.3 Å². The summed E-state index contributed by atoms with van der Waals surface area (Å²) in [6.07, 6.45) is 1.41. The summed E-state index contributed by atoms with van der Waals surface area (Å²) in [5.74, 6) is 0.724. The van der Waals surface area contributed by atoms with E-state index in [0.29, 0.717) is 6.61 Å². The summed E-state index contributed by atoms with van der Waals surface area (Å²) in [6.45, 7) is 2.44. The number of ether oxygens (including phenoxy) is 2. The largest absolute Gasteiger partial charge is 0.489 e. The number of aryl methyl sites for hydroxylation is 1. The number of nitrogens with zero attached hydrogens (tertiary/aromatic N) is 2. The van der Waals surface area contributed by atoms with Gasteiger partial charge >= 0.3 is 6.09 Å². The van der Waals surface area contributed by atoms with Crippen LogP contribution < -0.4 is 4.74 Å². The Morgan fingerprint density at radius 1 is 1.29 bits per heavy atom. The first kappa shape index (κ1) is 15.6. The highest BCUT2D eigenvalue weighted by Gasteiger charge is 2.08. The van der Waals surface area contributed by atoms with Crippen molar-refractivity contribution in [3.8, 4) is 5.75 Å². The summed E-state index contributed by atoms with van der Waals surface area (Å²) in [5, 5.41) is 1.97. The highest BCUT2D eigenvalue weighted by atomic mass is 79.9. The van der Waals surface area contributed by atoms with Gasteiger partial charge < -0.3 is 14.4 Å². The van der Waals surface area contributed by atoms with E-state index in [1.807, 2.05) is 25.1 Å². The summed E-state index contributed by atoms with van der Waals surface area (Å²) in [4.78, 5) is 17.0. The van der Waals surface area contributed by atoms with Crippen LogP contribution in [0, 0.1) is 6.92 Å². The molecule has 0 unspecified atom stereocenters. The molecule has 1 aromatic carbocycles. The van der Waals surface area contributed by atoms with Crippen molar-refractivity contribution in [1.82, 2.24) is 9.88 Å². The molecule has 1 aromatic heterocycles. The number of aromatic nitrogens is 1. The molecule has 0 radical (unpaired) electrons. The van der Waals surface area contributed by atoms with Gasteiger partial charge in [0.15, 0.2) is 0 Å². The molecular weight excluding hydrogens is 336 g/mol. The van der Waals surface area contributed by atoms with Gasteiger partial charge in [0.05, 0.1) is 0 Å². The lowest BCUT2D eigenvalue weighted by Gasteiger charge is -2.13. The second-order valence-corrected chi connectivity index (χ2v) is 5.63. The quantitative estimate of drug-likeness (QED) is 0.791. The van der Waals surface area contributed by atoms with Crippen molar-refractivity contribution in [2.45, 2.75) is 6.92 Å². The number of fused-ring (bicyclic) bond motifs is 1. The number of hydrogen-bond acceptors (Lipinski definition) is 4. The van der Waals surface area contributed by atoms with E-state index in [-0.39, 0.29) is 12.7 Å². The van der Waals surface area contributed by atoms with Crippen LogP contribution >= 0.6 is 15.9 Å². The minimum absolute atomic E-state index is 0.202. The van der Waals surface area contributed by atoms with Gasteiger partial charge in [0, 0.05) is 41.2 Å². The highest BCUT2D eigenvalue weighted by Crippen LogP contribution is 2.31. The molecule has 2 rings (SSSR count). The zero-order chi connectivity index (χ0) is 15.4. The van der Waals surface area contributed by atoms with Crippen LogP contribution in [0.1, 0.15) is 5.69 Å². The van der Waals surface area contributed by atoms with Crippen LogP contribution in [0.25, 0.3) is 10.8 Å². The van der Waals surface area contributed by atoms with Crippen molar-refractivity contribution >= 4 is 32.8 Å². The molecule has 0 aliphatic heterocycles. The van der Waals surface area contributed by atoms with Gasteiger partial charge in [0.25, 0.3) is 0 Å². The zero-order valence-corrected chi connectivity index (χ0v) is 13.8. The van der Waals surface area contributed by atoms with E-state index in [1.165, 1.54) is 4.90 Å². The molecule has 0 bridgehead atoms. The van der Waals surface area contributed by atoms with E-state index in [2.05, 4.69) is 20.9 Å². The maximum absolute atomic E-state index is 11.3. The Morgan fingerprint density at radius 2 is 2.05 bits per heavy atom. The van der Waals surface area contributed by atoms with E-state index >= 15 is 0 Å². The van der Waals surface area contributed by atoms with Crippen LogP contribution in [0.2, 0.25) is 0 Å². The topological polar surface area (TPSA) is 51.7 Å². The second kappa shape index (κ2) is 6.76. The van der Waals surface area contributed by atoms with Crippen molar-refractivity contribution < 1.29 is 14.3 Å². The van der Waals surface area contributed by atoms with Crippen LogP contribution in [0.15, 0.2) is 28.9 Å². The number of hydrogen-bond donors (Lipinski definition) is 0. The summed E-state index contributed by atoms with van der Waals surface area (Å²) < 4.78 is 11.7. The third-order valence-corrected chi connectivity index (χ3v) is 3.57. The summed E-state index contributed by atoms with van der Waals surface area (Å²) in [6, 6.07) is 5.80. The zero-order valence-electron chi connectivity index (χ0n) is 12.2. The van der Waals surface area contributed by atoms with Gasteiger partial charge in [0.2, 0.25) is 0 Å². The molecule has 1 amide bonds. The molecule has 2 aromatic rings. The highest BCUT2D eigenvalue weighted by molar-refractivity contribution is 9.10. The number of pyridine rings is 1. The van der Waals surface area contributed by atoms with Crippen LogP contribution in [0.4, 0.5) is 4.79 Å². The second-order valence-electron chi connectivity index (χ2n) is 4.77. The molecule has 0 saturated carbocycles. The lowest BCUT2D eigenvalue weighted by atomic mass is 10.1. The van der Waals surface area contributed by atoms with E-state index in [1.54, 1.807) is 20.3 Å². The SMILES string of the molecule is Cc1cc2c(Br)ccc(OCCOC(=O)N(C)C)c2cn1. The van der Waals surface area contributed by atoms with Crippen molar-refractivity contribution in [2.24, 2.45) is 0 Å². The Labute approximate surface area is 132 Å². The monoisotopic (exact) mass is 352 g/mol. The molecule has 0 atom stereocenters. The maximum atomic E-state index is 11.3. The molecule has 0 aliphatic rings. The van der Waals surface area contributed by atoms with Crippen LogP contribution in [-0.4, -0.2) is 43.3 Å². The van der Waals surface area contributed by atoms with Gasteiger partial charge in [-0.15, -0.1) is 0 Å². The van der Waals surface area contributed by atoms with E-state index in [9.17, 15) is 4.79 Å². The normalized spacial score (nSPS) is 10.5. The third kappa shape index (κ3) is 3.85. The van der Waals surface area contributed by atoms with Crippen molar-refractivity contribution in [1.29, 1.82) is 0 Å². The van der Waals surface area contributed by atoms with E-state index < -0.39 is 0 Å². The smallest absolute Gasteiger partial charge is 0.409 e. The molecule has 0 saturated heterocycles. The number of carbonyl (C=O) groups is 1. The first-order chi connectivity index (χ1) is 9.99. The molecule has 0 aliphatic carbocycles. The van der Waals surface area contributed by atoms with Crippen LogP contribution in [0.5, 0.6) is 5.75 Å². The third-order valence-electron chi connectivity index (χ3n) is 2.88. The van der Waals surface area contributed by atoms with Gasteiger partial charge in [-0.25, -0.2) is 4.79 Å². The van der Waals surface area contributed by atoms with Gasteiger partial charge in [0.1, 0.15) is 19.0 Å². The van der Waals surface area contributed by atoms with Crippen molar-refractivity contribution in [3.63, 3.8) is 0 Å². The standard InChI is InChI=1S/C15H17BrN2O3/c1-10-8-11-12(9-17-10)14(5-4-13(11)16)20-6-7-21-15(19)18(2)3/h4-5,8-9H,6-7H2,1-3H3. The Hall–Kier alpha value is -1.82. The summed E-state index contributed by atoms with van der Waals surface area (Å²) in [7, 11) is 3.28. The number of rotatable bonds is 4. The molecular formula is C15H17BrN2O3. The molecule has 21 heavy (non-hydrogen) atoms. The molecule has 0 fully saturated rings. The predicted molar refractivity (Wildman–Crippen MR) is 84.7 cm³/mol. The molecule has 0 spiro atoms. The Bertz CT molecular complexity index is 659. The number of benzene rings is 1. The Kier molecular flexibility index (Phi) is 5.01. The maximum Gasteiger partial charge on any atom is 0.409 e. The van der Waals surface area contributed by atoms with E-state index in [0.717, 1.165) is 26.7 Å². The molecule has 0 N–H and O–H groups in total. The van der Waals surface area contributed by atoms with Gasteiger partial charge in [-0.1, -0.05) is 15.9 Å². The van der Waals surface area contributed by atoms with Crippen LogP contribution in [0.3, 0.4) is 0 Å². The number of carbonyl (C=O) groups excluding carboxylic acids is 1. The van der Waals surface area contributed by atoms with Gasteiger partial charge in [-0.3, -0.25) is 4.98 Å². The lowest BCUT2D eigenvalue weighted by Crippen LogP contribution is -2.24. The fourth-order valence-electron chi connectivity index (χ4n) is 1.82. The predicted octanol–water partition coefficient (Wildman–Crippen LogP) is 3.38. The van der Waals surface area contributed by atoms with Crippen LogP contribution in [-0.2, 0) is 4.74 Å². The molecule has 112 valence electrons. The first-order valence-corrected chi connectivity index (χ1v) is 7.30. The average molecular weight is 353 g/mol. The number of halogens is 1. The average Bonchev–Trinajstić information content (AvgIpc) is 2.45. The van der Waals surface area contributed by atoms with Crippen molar-refractivity contribution in [3.05, 3.63) is 34.6 Å². The Balaban J connectivity index is 2.06. The Morgan fingerprint density at radius 3 is 2.76 bits per heavy atom. The number of amides is 1. The summed E-state index contributed by atoms with van der Waals surface area (Å²) in [5.41, 5.74) is 0.945. The molecule has 1 heterocycles. The van der Waals surface area contributed by atoms with E-state index in [4.69, 9.17) is 9.47 Å². The lowest BCUT2D eigenvalue weighted by molar-refractivity contribution is 0.102. The fraction of sp³-hybridized carbons (Fsp3) is 0.333. The minimum atomic E-state index is -0.378. The van der Waals surface area contributed by atoms with Gasteiger partial charge in [-0.2, -0.15) is 0 Å². The molecule has 5 nitrogen and oxygen atoms in total. The first-order valence-electron chi connectivity index (χ1n) is 6.51. The molecule has 6 heteroatoms. The minimum Gasteiger partial charge on any atom is -0.489 e. The van der Waals surface area contributed by atoms with Gasteiger partial charge in [-0.05, 0) is 25.1 Å².